The van der Waals surface area contributed by atoms with Gasteiger partial charge in [-0.15, -0.1) is 0 Å². The summed E-state index contributed by atoms with van der Waals surface area (Å²) in [5.74, 6) is 2.05. The number of hydrazone groups is 1. The minimum atomic E-state index is -0.410. The van der Waals surface area contributed by atoms with E-state index < -0.39 is 6.04 Å². The Hall–Kier alpha value is -3.95. The maximum absolute atomic E-state index is 13.3. The molecule has 0 saturated carbocycles. The third-order valence-corrected chi connectivity index (χ3v) is 5.72. The van der Waals surface area contributed by atoms with Gasteiger partial charge >= 0.3 is 6.03 Å². The number of ether oxygens (including phenoxy) is 4. The molecular weight excluding hydrogens is 452 g/mol. The quantitative estimate of drug-likeness (QED) is 0.587. The molecule has 1 heterocycles. The van der Waals surface area contributed by atoms with Crippen molar-refractivity contribution in [3.05, 3.63) is 47.5 Å². The Labute approximate surface area is 205 Å². The number of hydrogen-bond donors (Lipinski definition) is 1. The summed E-state index contributed by atoms with van der Waals surface area (Å²) in [6, 6.07) is 10.2. The van der Waals surface area contributed by atoms with E-state index in [1.807, 2.05) is 31.2 Å². The van der Waals surface area contributed by atoms with Crippen LogP contribution in [-0.2, 0) is 4.79 Å². The molecule has 10 nitrogen and oxygen atoms in total. The van der Waals surface area contributed by atoms with E-state index in [0.717, 1.165) is 11.1 Å². The number of likely N-dealkylation sites (N-methyl/N-ethyl adjacent to an activating group) is 1. The molecule has 2 aromatic carbocycles. The Morgan fingerprint density at radius 2 is 1.71 bits per heavy atom. The molecular formula is C25H32N4O6. The Balaban J connectivity index is 2.00. The third-order valence-electron chi connectivity index (χ3n) is 5.72. The van der Waals surface area contributed by atoms with Gasteiger partial charge in [-0.3, -0.25) is 4.79 Å². The van der Waals surface area contributed by atoms with Crippen molar-refractivity contribution in [1.29, 1.82) is 0 Å². The van der Waals surface area contributed by atoms with Crippen LogP contribution in [0.1, 0.15) is 30.5 Å². The first-order chi connectivity index (χ1) is 16.9. The van der Waals surface area contributed by atoms with Gasteiger partial charge in [-0.25, -0.2) is 9.80 Å². The first kappa shape index (κ1) is 25.7. The first-order valence-corrected chi connectivity index (χ1v) is 11.2. The fraction of sp³-hybridized carbons (Fsp3) is 0.400. The number of amides is 3. The van der Waals surface area contributed by atoms with Crippen LogP contribution in [0.5, 0.6) is 23.0 Å². The van der Waals surface area contributed by atoms with Crippen molar-refractivity contribution < 1.29 is 28.5 Å². The monoisotopic (exact) mass is 484 g/mol. The van der Waals surface area contributed by atoms with E-state index in [0.29, 0.717) is 41.7 Å². The van der Waals surface area contributed by atoms with Crippen molar-refractivity contribution in [1.82, 2.24) is 15.2 Å². The molecule has 3 amide bonds. The molecule has 188 valence electrons. The van der Waals surface area contributed by atoms with E-state index in [2.05, 4.69) is 10.4 Å². The normalized spacial score (nSPS) is 14.7. The number of carbonyl (C=O) groups excluding carboxylic acids is 2. The van der Waals surface area contributed by atoms with Crippen molar-refractivity contribution in [3.63, 3.8) is 0 Å². The SMILES string of the molecule is CCNC(=O)N(C)CC(=O)N1N=C(c2ccc(OC)cc2OC)C[C@H]1c1ccc(OC)c(OC)c1. The van der Waals surface area contributed by atoms with Gasteiger partial charge in [0.15, 0.2) is 11.5 Å². The average Bonchev–Trinajstić information content (AvgIpc) is 3.33. The largest absolute Gasteiger partial charge is 0.497 e. The van der Waals surface area contributed by atoms with Crippen LogP contribution in [0.3, 0.4) is 0 Å². The van der Waals surface area contributed by atoms with Crippen molar-refractivity contribution in [2.24, 2.45) is 5.10 Å². The molecule has 1 N–H and O–H groups in total. The second kappa shape index (κ2) is 11.5. The highest BCUT2D eigenvalue weighted by Gasteiger charge is 2.35. The summed E-state index contributed by atoms with van der Waals surface area (Å²) < 4.78 is 21.7. The van der Waals surface area contributed by atoms with Gasteiger partial charge in [0.05, 0.1) is 40.2 Å². The molecule has 10 heteroatoms. The zero-order chi connectivity index (χ0) is 25.5. The van der Waals surface area contributed by atoms with Crippen LogP contribution >= 0.6 is 0 Å². The zero-order valence-electron chi connectivity index (χ0n) is 21.0. The van der Waals surface area contributed by atoms with Crippen LogP contribution in [-0.4, -0.2) is 76.1 Å². The van der Waals surface area contributed by atoms with Crippen molar-refractivity contribution >= 4 is 17.6 Å². The molecule has 1 aliphatic rings. The maximum atomic E-state index is 13.3. The van der Waals surface area contributed by atoms with E-state index in [1.54, 1.807) is 47.6 Å². The second-order valence-electron chi connectivity index (χ2n) is 7.88. The molecule has 0 saturated heterocycles. The lowest BCUT2D eigenvalue weighted by atomic mass is 9.97. The Morgan fingerprint density at radius 1 is 1.00 bits per heavy atom. The smallest absolute Gasteiger partial charge is 0.317 e. The summed E-state index contributed by atoms with van der Waals surface area (Å²) in [5, 5.41) is 8.81. The molecule has 0 aliphatic carbocycles. The summed E-state index contributed by atoms with van der Waals surface area (Å²) >= 11 is 0. The predicted molar refractivity (Wildman–Crippen MR) is 132 cm³/mol. The fourth-order valence-electron chi connectivity index (χ4n) is 3.89. The zero-order valence-corrected chi connectivity index (χ0v) is 21.0. The number of carbonyl (C=O) groups is 2. The van der Waals surface area contributed by atoms with E-state index in [1.165, 1.54) is 9.91 Å². The lowest BCUT2D eigenvalue weighted by Crippen LogP contribution is -2.43. The van der Waals surface area contributed by atoms with Crippen LogP contribution < -0.4 is 24.3 Å². The predicted octanol–water partition coefficient (Wildman–Crippen LogP) is 3.06. The third kappa shape index (κ3) is 5.59. The number of nitrogens with one attached hydrogen (secondary N) is 1. The van der Waals surface area contributed by atoms with Crippen LogP contribution in [0.15, 0.2) is 41.5 Å². The topological polar surface area (TPSA) is 102 Å². The van der Waals surface area contributed by atoms with Crippen molar-refractivity contribution in [3.8, 4) is 23.0 Å². The number of methoxy groups -OCH3 is 4. The number of rotatable bonds is 9. The highest BCUT2D eigenvalue weighted by molar-refractivity contribution is 6.05. The molecule has 0 radical (unpaired) electrons. The van der Waals surface area contributed by atoms with Crippen LogP contribution in [0, 0.1) is 0 Å². The lowest BCUT2D eigenvalue weighted by molar-refractivity contribution is -0.133. The first-order valence-electron chi connectivity index (χ1n) is 11.2. The molecule has 1 atom stereocenters. The summed E-state index contributed by atoms with van der Waals surface area (Å²) in [4.78, 5) is 26.9. The van der Waals surface area contributed by atoms with E-state index in [-0.39, 0.29) is 18.5 Å². The standard InChI is InChI=1S/C25H32N4O6/c1-7-26-25(31)28(2)15-24(30)29-20(16-8-11-21(33-4)23(12-16)35-6)14-19(27-29)18-10-9-17(32-3)13-22(18)34-5/h8-13,20H,7,14-15H2,1-6H3,(H,26,31)/t20-/m0/s1. The Bertz CT molecular complexity index is 1100. The number of benzene rings is 2. The summed E-state index contributed by atoms with van der Waals surface area (Å²) in [6.45, 7) is 2.15. The molecule has 0 fully saturated rings. The van der Waals surface area contributed by atoms with Gasteiger partial charge in [0.1, 0.15) is 18.0 Å². The highest BCUT2D eigenvalue weighted by atomic mass is 16.5. The van der Waals surface area contributed by atoms with Crippen LogP contribution in [0.2, 0.25) is 0 Å². The van der Waals surface area contributed by atoms with E-state index >= 15 is 0 Å². The van der Waals surface area contributed by atoms with E-state index in [4.69, 9.17) is 18.9 Å². The van der Waals surface area contributed by atoms with Gasteiger partial charge in [0.2, 0.25) is 0 Å². The Kier molecular flexibility index (Phi) is 8.40. The molecule has 1 aliphatic heterocycles. The minimum absolute atomic E-state index is 0.133. The fourth-order valence-corrected chi connectivity index (χ4v) is 3.89. The van der Waals surface area contributed by atoms with Crippen molar-refractivity contribution in [2.45, 2.75) is 19.4 Å². The molecule has 2 aromatic rings. The van der Waals surface area contributed by atoms with Crippen LogP contribution in [0.4, 0.5) is 4.79 Å². The number of nitrogens with zero attached hydrogens (tertiary/aromatic N) is 3. The lowest BCUT2D eigenvalue weighted by Gasteiger charge is -2.25. The molecule has 3 rings (SSSR count). The van der Waals surface area contributed by atoms with Gasteiger partial charge in [-0.2, -0.15) is 5.10 Å². The summed E-state index contributed by atoms with van der Waals surface area (Å²) in [7, 11) is 7.85. The number of hydrogen-bond acceptors (Lipinski definition) is 7. The second-order valence-corrected chi connectivity index (χ2v) is 7.88. The summed E-state index contributed by atoms with van der Waals surface area (Å²) in [5.41, 5.74) is 2.26. The van der Waals surface area contributed by atoms with Gasteiger partial charge < -0.3 is 29.2 Å². The van der Waals surface area contributed by atoms with E-state index in [9.17, 15) is 9.59 Å². The molecule has 35 heavy (non-hydrogen) atoms. The van der Waals surface area contributed by atoms with Gasteiger partial charge in [-0.1, -0.05) is 6.07 Å². The molecule has 0 unspecified atom stereocenters. The molecule has 0 spiro atoms. The molecule has 0 aromatic heterocycles. The minimum Gasteiger partial charge on any atom is -0.497 e. The highest BCUT2D eigenvalue weighted by Crippen LogP contribution is 2.39. The van der Waals surface area contributed by atoms with Crippen LogP contribution in [0.25, 0.3) is 0 Å². The number of urea groups is 1. The maximum Gasteiger partial charge on any atom is 0.317 e. The summed E-state index contributed by atoms with van der Waals surface area (Å²) in [6.07, 6.45) is 0.439. The Morgan fingerprint density at radius 3 is 2.34 bits per heavy atom. The van der Waals surface area contributed by atoms with Crippen molar-refractivity contribution in [2.75, 3.05) is 48.6 Å². The van der Waals surface area contributed by atoms with Gasteiger partial charge in [0.25, 0.3) is 5.91 Å². The van der Waals surface area contributed by atoms with Gasteiger partial charge in [0, 0.05) is 31.6 Å². The molecule has 0 bridgehead atoms. The average molecular weight is 485 g/mol. The van der Waals surface area contributed by atoms with Gasteiger partial charge in [-0.05, 0) is 36.8 Å².